The van der Waals surface area contributed by atoms with E-state index in [1.54, 1.807) is 30.3 Å². The molecule has 112 valence electrons. The lowest BCUT2D eigenvalue weighted by atomic mass is 10.2. The Labute approximate surface area is 129 Å². The number of rotatable bonds is 6. The number of halogens is 1. The van der Waals surface area contributed by atoms with Crippen LogP contribution in [0.2, 0.25) is 5.02 Å². The fourth-order valence-electron chi connectivity index (χ4n) is 1.75. The van der Waals surface area contributed by atoms with E-state index in [1.807, 2.05) is 19.1 Å². The molecule has 0 radical (unpaired) electrons. The van der Waals surface area contributed by atoms with E-state index in [2.05, 4.69) is 0 Å². The molecule has 0 aliphatic carbocycles. The molecular weight excluding hydrogens is 290 g/mol. The number of aryl methyl sites for hydroxylation is 1. The molecule has 0 heterocycles. The normalized spacial score (nSPS) is 12.0. The van der Waals surface area contributed by atoms with Gasteiger partial charge < -0.3 is 20.3 Å². The smallest absolute Gasteiger partial charge is 0.138 e. The van der Waals surface area contributed by atoms with Crippen LogP contribution in [0.4, 0.5) is 5.69 Å². The van der Waals surface area contributed by atoms with E-state index < -0.39 is 6.10 Å². The highest BCUT2D eigenvalue weighted by molar-refractivity contribution is 6.32. The molecule has 0 amide bonds. The van der Waals surface area contributed by atoms with Gasteiger partial charge in [-0.1, -0.05) is 23.7 Å². The van der Waals surface area contributed by atoms with Crippen LogP contribution < -0.4 is 15.2 Å². The van der Waals surface area contributed by atoms with Crippen molar-refractivity contribution in [2.75, 3.05) is 18.9 Å². The zero-order chi connectivity index (χ0) is 15.2. The van der Waals surface area contributed by atoms with Crippen molar-refractivity contribution in [2.24, 2.45) is 0 Å². The van der Waals surface area contributed by atoms with Gasteiger partial charge in [0.15, 0.2) is 0 Å². The lowest BCUT2D eigenvalue weighted by Crippen LogP contribution is -2.25. The van der Waals surface area contributed by atoms with Crippen molar-refractivity contribution in [1.82, 2.24) is 0 Å². The first-order chi connectivity index (χ1) is 10.0. The Balaban J connectivity index is 1.80. The van der Waals surface area contributed by atoms with Gasteiger partial charge in [0.2, 0.25) is 0 Å². The molecule has 1 unspecified atom stereocenters. The molecule has 0 aliphatic rings. The third kappa shape index (κ3) is 4.85. The molecule has 21 heavy (non-hydrogen) atoms. The first-order valence-corrected chi connectivity index (χ1v) is 6.98. The molecule has 0 saturated carbocycles. The summed E-state index contributed by atoms with van der Waals surface area (Å²) < 4.78 is 10.9. The molecule has 1 atom stereocenters. The van der Waals surface area contributed by atoms with E-state index in [-0.39, 0.29) is 13.2 Å². The Morgan fingerprint density at radius 2 is 1.90 bits per heavy atom. The number of aliphatic hydroxyl groups is 1. The molecule has 0 spiro atoms. The summed E-state index contributed by atoms with van der Waals surface area (Å²) in [5.41, 5.74) is 7.32. The molecule has 0 fully saturated rings. The third-order valence-corrected chi connectivity index (χ3v) is 3.11. The van der Waals surface area contributed by atoms with Gasteiger partial charge in [-0.05, 0) is 36.8 Å². The predicted molar refractivity (Wildman–Crippen MR) is 84.0 cm³/mol. The first kappa shape index (κ1) is 15.5. The number of nitrogens with two attached hydrogens (primary N) is 1. The standard InChI is InChI=1S/C16H18ClNO3/c1-11-5-6-16(15(17)7-11)21-10-13(19)9-20-14-4-2-3-12(18)8-14/h2-8,13,19H,9-10,18H2,1H3. The number of anilines is 1. The van der Waals surface area contributed by atoms with Crippen LogP contribution in [-0.4, -0.2) is 24.4 Å². The summed E-state index contributed by atoms with van der Waals surface area (Å²) >= 11 is 6.05. The van der Waals surface area contributed by atoms with E-state index in [0.717, 1.165) is 5.56 Å². The van der Waals surface area contributed by atoms with E-state index in [1.165, 1.54) is 0 Å². The quantitative estimate of drug-likeness (QED) is 0.805. The molecule has 3 N–H and O–H groups in total. The van der Waals surface area contributed by atoms with Gasteiger partial charge in [-0.2, -0.15) is 0 Å². The lowest BCUT2D eigenvalue weighted by Gasteiger charge is -2.14. The highest BCUT2D eigenvalue weighted by atomic mass is 35.5. The maximum Gasteiger partial charge on any atom is 0.138 e. The van der Waals surface area contributed by atoms with E-state index in [9.17, 15) is 5.11 Å². The fourth-order valence-corrected chi connectivity index (χ4v) is 2.04. The highest BCUT2D eigenvalue weighted by Crippen LogP contribution is 2.25. The van der Waals surface area contributed by atoms with Crippen molar-refractivity contribution in [2.45, 2.75) is 13.0 Å². The van der Waals surface area contributed by atoms with Crippen LogP contribution in [0.1, 0.15) is 5.56 Å². The largest absolute Gasteiger partial charge is 0.491 e. The fraction of sp³-hybridized carbons (Fsp3) is 0.250. The van der Waals surface area contributed by atoms with Crippen LogP contribution in [-0.2, 0) is 0 Å². The molecule has 0 aromatic heterocycles. The maximum atomic E-state index is 9.86. The van der Waals surface area contributed by atoms with Gasteiger partial charge in [0.05, 0.1) is 5.02 Å². The predicted octanol–water partition coefficient (Wildman–Crippen LogP) is 3.05. The van der Waals surface area contributed by atoms with Crippen molar-refractivity contribution in [3.8, 4) is 11.5 Å². The maximum absolute atomic E-state index is 9.86. The molecule has 4 nitrogen and oxygen atoms in total. The first-order valence-electron chi connectivity index (χ1n) is 6.60. The molecule has 2 aromatic carbocycles. The Hall–Kier alpha value is -1.91. The van der Waals surface area contributed by atoms with Crippen LogP contribution >= 0.6 is 11.6 Å². The van der Waals surface area contributed by atoms with Crippen LogP contribution in [0.5, 0.6) is 11.5 Å². The minimum absolute atomic E-state index is 0.102. The Bertz CT molecular complexity index is 604. The summed E-state index contributed by atoms with van der Waals surface area (Å²) in [4.78, 5) is 0. The minimum atomic E-state index is -0.760. The molecule has 0 saturated heterocycles. The number of aliphatic hydroxyl groups excluding tert-OH is 1. The number of benzene rings is 2. The van der Waals surface area contributed by atoms with Crippen LogP contribution in [0, 0.1) is 6.92 Å². The zero-order valence-electron chi connectivity index (χ0n) is 11.8. The SMILES string of the molecule is Cc1ccc(OCC(O)COc2cccc(N)c2)c(Cl)c1. The van der Waals surface area contributed by atoms with Gasteiger partial charge in [-0.15, -0.1) is 0 Å². The second-order valence-electron chi connectivity index (χ2n) is 4.78. The van der Waals surface area contributed by atoms with E-state index in [0.29, 0.717) is 22.2 Å². The van der Waals surface area contributed by atoms with Gasteiger partial charge in [-0.3, -0.25) is 0 Å². The average molecular weight is 308 g/mol. The van der Waals surface area contributed by atoms with Gasteiger partial charge in [0.1, 0.15) is 30.8 Å². The number of hydrogen-bond donors (Lipinski definition) is 2. The van der Waals surface area contributed by atoms with Crippen molar-refractivity contribution >= 4 is 17.3 Å². The zero-order valence-corrected chi connectivity index (χ0v) is 12.5. The molecule has 0 bridgehead atoms. The Morgan fingerprint density at radius 1 is 1.14 bits per heavy atom. The summed E-state index contributed by atoms with van der Waals surface area (Å²) in [6, 6.07) is 12.5. The molecule has 0 aliphatic heterocycles. The summed E-state index contributed by atoms with van der Waals surface area (Å²) in [5, 5.41) is 10.4. The number of hydrogen-bond acceptors (Lipinski definition) is 4. The highest BCUT2D eigenvalue weighted by Gasteiger charge is 2.09. The van der Waals surface area contributed by atoms with E-state index in [4.69, 9.17) is 26.8 Å². The summed E-state index contributed by atoms with van der Waals surface area (Å²) in [5.74, 6) is 1.16. The van der Waals surface area contributed by atoms with Crippen LogP contribution in [0.25, 0.3) is 0 Å². The Kier molecular flexibility index (Phi) is 5.31. The number of ether oxygens (including phenoxy) is 2. The van der Waals surface area contributed by atoms with Crippen molar-refractivity contribution < 1.29 is 14.6 Å². The molecule has 2 aromatic rings. The second-order valence-corrected chi connectivity index (χ2v) is 5.19. The van der Waals surface area contributed by atoms with Gasteiger partial charge in [0, 0.05) is 11.8 Å². The van der Waals surface area contributed by atoms with Gasteiger partial charge >= 0.3 is 0 Å². The average Bonchev–Trinajstić information content (AvgIpc) is 2.44. The number of nitrogen functional groups attached to an aromatic ring is 1. The second kappa shape index (κ2) is 7.20. The summed E-state index contributed by atoms with van der Waals surface area (Å²) in [6.07, 6.45) is -0.760. The van der Waals surface area contributed by atoms with Crippen molar-refractivity contribution in [3.05, 3.63) is 53.1 Å². The van der Waals surface area contributed by atoms with Crippen LogP contribution in [0.15, 0.2) is 42.5 Å². The van der Waals surface area contributed by atoms with Gasteiger partial charge in [0.25, 0.3) is 0 Å². The van der Waals surface area contributed by atoms with E-state index >= 15 is 0 Å². The minimum Gasteiger partial charge on any atom is -0.491 e. The Morgan fingerprint density at radius 3 is 2.62 bits per heavy atom. The van der Waals surface area contributed by atoms with Gasteiger partial charge in [-0.25, -0.2) is 0 Å². The van der Waals surface area contributed by atoms with Crippen molar-refractivity contribution in [3.63, 3.8) is 0 Å². The molecule has 5 heteroatoms. The topological polar surface area (TPSA) is 64.7 Å². The molecular formula is C16H18ClNO3. The van der Waals surface area contributed by atoms with Crippen molar-refractivity contribution in [1.29, 1.82) is 0 Å². The van der Waals surface area contributed by atoms with Crippen LogP contribution in [0.3, 0.4) is 0 Å². The summed E-state index contributed by atoms with van der Waals surface area (Å²) in [6.45, 7) is 2.17. The third-order valence-electron chi connectivity index (χ3n) is 2.82. The monoisotopic (exact) mass is 307 g/mol. The summed E-state index contributed by atoms with van der Waals surface area (Å²) in [7, 11) is 0. The molecule has 2 rings (SSSR count). The lowest BCUT2D eigenvalue weighted by molar-refractivity contribution is 0.0627.